The second-order valence-corrected chi connectivity index (χ2v) is 10.2. The first-order valence-electron chi connectivity index (χ1n) is 8.91. The van der Waals surface area contributed by atoms with E-state index < -0.39 is 9.84 Å². The van der Waals surface area contributed by atoms with Crippen molar-refractivity contribution in [1.29, 1.82) is 0 Å². The highest BCUT2D eigenvalue weighted by Gasteiger charge is 2.50. The first-order chi connectivity index (χ1) is 13.5. The van der Waals surface area contributed by atoms with Crippen molar-refractivity contribution in [2.75, 3.05) is 23.5 Å². The number of nitrogens with zero attached hydrogens (tertiary/aromatic N) is 2. The third kappa shape index (κ3) is 3.79. The number of fused-ring (bicyclic) bond motifs is 1. The average molecular weight is 417 g/mol. The Morgan fingerprint density at radius 3 is 2.61 bits per heavy atom. The summed E-state index contributed by atoms with van der Waals surface area (Å²) < 4.78 is 29.8. The summed E-state index contributed by atoms with van der Waals surface area (Å²) in [5.41, 5.74) is 1.62. The van der Waals surface area contributed by atoms with E-state index in [1.54, 1.807) is 7.11 Å². The van der Waals surface area contributed by atoms with Gasteiger partial charge in [0, 0.05) is 5.25 Å². The number of amidine groups is 1. The molecule has 0 spiro atoms. The Labute approximate surface area is 168 Å². The minimum atomic E-state index is -3.11. The summed E-state index contributed by atoms with van der Waals surface area (Å²) in [4.78, 5) is 18.8. The van der Waals surface area contributed by atoms with Gasteiger partial charge < -0.3 is 9.64 Å². The molecule has 28 heavy (non-hydrogen) atoms. The highest BCUT2D eigenvalue weighted by Crippen LogP contribution is 2.43. The molecule has 0 N–H and O–H groups in total. The van der Waals surface area contributed by atoms with Crippen LogP contribution in [0, 0.1) is 0 Å². The number of ether oxygens (including phenoxy) is 1. The Hall–Kier alpha value is -2.32. The summed E-state index contributed by atoms with van der Waals surface area (Å²) in [7, 11) is -1.54. The van der Waals surface area contributed by atoms with Gasteiger partial charge in [0.05, 0.1) is 36.8 Å². The zero-order valence-corrected chi connectivity index (χ0v) is 16.9. The van der Waals surface area contributed by atoms with Gasteiger partial charge in [-0.05, 0) is 17.7 Å². The first kappa shape index (κ1) is 19.0. The monoisotopic (exact) mass is 416 g/mol. The Balaban J connectivity index is 1.68. The van der Waals surface area contributed by atoms with E-state index >= 15 is 0 Å². The molecule has 1 amide bonds. The van der Waals surface area contributed by atoms with E-state index in [0.29, 0.717) is 10.9 Å². The number of aliphatic imine (C=N–C) groups is 1. The molecule has 0 radical (unpaired) electrons. The number of anilines is 1. The van der Waals surface area contributed by atoms with Crippen LogP contribution in [0.5, 0.6) is 5.75 Å². The second kappa shape index (κ2) is 7.60. The van der Waals surface area contributed by atoms with Crippen LogP contribution in [0.15, 0.2) is 59.6 Å². The van der Waals surface area contributed by atoms with Gasteiger partial charge in [-0.2, -0.15) is 4.99 Å². The molecule has 2 aromatic carbocycles. The Morgan fingerprint density at radius 1 is 1.14 bits per heavy atom. The van der Waals surface area contributed by atoms with E-state index in [-0.39, 0.29) is 35.1 Å². The predicted octanol–water partition coefficient (Wildman–Crippen LogP) is 2.54. The fourth-order valence-corrected chi connectivity index (χ4v) is 7.52. The minimum absolute atomic E-state index is 0.0502. The maximum atomic E-state index is 12.6. The van der Waals surface area contributed by atoms with Gasteiger partial charge in [-0.3, -0.25) is 4.79 Å². The van der Waals surface area contributed by atoms with E-state index in [2.05, 4.69) is 4.99 Å². The van der Waals surface area contributed by atoms with Crippen molar-refractivity contribution in [3.8, 4) is 5.75 Å². The summed E-state index contributed by atoms with van der Waals surface area (Å²) in [5, 5.41) is 0.397. The number of carbonyl (C=O) groups is 1. The second-order valence-electron chi connectivity index (χ2n) is 6.79. The zero-order valence-electron chi connectivity index (χ0n) is 15.3. The molecule has 2 aliphatic heterocycles. The van der Waals surface area contributed by atoms with Crippen molar-refractivity contribution in [2.24, 2.45) is 4.99 Å². The summed E-state index contributed by atoms with van der Waals surface area (Å²) in [6.07, 6.45) is 0.207. The molecule has 8 heteroatoms. The summed E-state index contributed by atoms with van der Waals surface area (Å²) >= 11 is 1.36. The van der Waals surface area contributed by atoms with Crippen molar-refractivity contribution in [3.05, 3.63) is 60.2 Å². The normalized spacial score (nSPS) is 24.3. The smallest absolute Gasteiger partial charge is 0.252 e. The molecule has 2 fully saturated rings. The number of benzene rings is 2. The van der Waals surface area contributed by atoms with Crippen LogP contribution in [-0.2, 0) is 21.1 Å². The molecule has 0 aliphatic carbocycles. The van der Waals surface area contributed by atoms with Crippen LogP contribution in [0.1, 0.15) is 5.56 Å². The molecule has 6 nitrogen and oxygen atoms in total. The van der Waals surface area contributed by atoms with Crippen molar-refractivity contribution in [1.82, 2.24) is 0 Å². The number of thioether (sulfide) groups is 1. The van der Waals surface area contributed by atoms with Crippen LogP contribution in [0.3, 0.4) is 0 Å². The Morgan fingerprint density at radius 2 is 1.86 bits per heavy atom. The molecule has 2 saturated heterocycles. The Kier molecular flexibility index (Phi) is 5.16. The van der Waals surface area contributed by atoms with E-state index in [1.807, 2.05) is 59.5 Å². The third-order valence-corrected chi connectivity index (χ3v) is 8.04. The van der Waals surface area contributed by atoms with E-state index in [1.165, 1.54) is 11.8 Å². The lowest BCUT2D eigenvalue weighted by atomic mass is 10.1. The standard InChI is InChI=1S/C20H20N2O4S2/c1-26-17-10-6-5-9-15(17)22-16-12-28(24,25)13-18(16)27-20(22)21-19(23)11-14-7-3-2-4-8-14/h2-10,16,18H,11-13H2,1H3/t16-,18-/m0/s1. The lowest BCUT2D eigenvalue weighted by Crippen LogP contribution is -2.38. The maximum Gasteiger partial charge on any atom is 0.252 e. The highest BCUT2D eigenvalue weighted by molar-refractivity contribution is 8.16. The Bertz CT molecular complexity index is 1020. The van der Waals surface area contributed by atoms with Crippen LogP contribution < -0.4 is 9.64 Å². The highest BCUT2D eigenvalue weighted by atomic mass is 32.2. The lowest BCUT2D eigenvalue weighted by Gasteiger charge is -2.26. The predicted molar refractivity (Wildman–Crippen MR) is 112 cm³/mol. The van der Waals surface area contributed by atoms with Gasteiger partial charge in [0.15, 0.2) is 15.0 Å². The van der Waals surface area contributed by atoms with Crippen LogP contribution in [-0.4, -0.2) is 49.4 Å². The van der Waals surface area contributed by atoms with Gasteiger partial charge in [0.1, 0.15) is 5.75 Å². The number of methoxy groups -OCH3 is 1. The quantitative estimate of drug-likeness (QED) is 0.762. The molecule has 2 aromatic rings. The van der Waals surface area contributed by atoms with Crippen LogP contribution >= 0.6 is 11.8 Å². The van der Waals surface area contributed by atoms with Crippen molar-refractivity contribution < 1.29 is 17.9 Å². The number of rotatable bonds is 4. The zero-order chi connectivity index (χ0) is 19.7. The SMILES string of the molecule is COc1ccccc1N1C(=NC(=O)Cc2ccccc2)S[C@H]2CS(=O)(=O)C[C@@H]21. The van der Waals surface area contributed by atoms with Gasteiger partial charge in [-0.25, -0.2) is 8.42 Å². The molecular weight excluding hydrogens is 396 g/mol. The molecule has 2 atom stereocenters. The fraction of sp³-hybridized carbons (Fsp3) is 0.300. The van der Waals surface area contributed by atoms with Crippen molar-refractivity contribution in [3.63, 3.8) is 0 Å². The van der Waals surface area contributed by atoms with Crippen LogP contribution in [0.2, 0.25) is 0 Å². The van der Waals surface area contributed by atoms with E-state index in [0.717, 1.165) is 11.3 Å². The largest absolute Gasteiger partial charge is 0.495 e. The molecule has 0 bridgehead atoms. The number of sulfone groups is 1. The molecular formula is C20H20N2O4S2. The van der Waals surface area contributed by atoms with Crippen molar-refractivity contribution >= 4 is 38.4 Å². The fourth-order valence-electron chi connectivity index (χ4n) is 3.59. The van der Waals surface area contributed by atoms with E-state index in [9.17, 15) is 13.2 Å². The van der Waals surface area contributed by atoms with Gasteiger partial charge in [-0.15, -0.1) is 0 Å². The first-order valence-corrected chi connectivity index (χ1v) is 11.6. The number of hydrogen-bond acceptors (Lipinski definition) is 5. The molecule has 2 heterocycles. The van der Waals surface area contributed by atoms with Gasteiger partial charge in [-0.1, -0.05) is 54.2 Å². The molecule has 2 aliphatic rings. The molecule has 0 saturated carbocycles. The third-order valence-electron chi connectivity index (χ3n) is 4.83. The van der Waals surface area contributed by atoms with Crippen LogP contribution in [0.4, 0.5) is 5.69 Å². The van der Waals surface area contributed by atoms with E-state index in [4.69, 9.17) is 4.74 Å². The molecule has 0 unspecified atom stereocenters. The maximum absolute atomic E-state index is 12.6. The van der Waals surface area contributed by atoms with Gasteiger partial charge >= 0.3 is 0 Å². The topological polar surface area (TPSA) is 76.0 Å². The summed E-state index contributed by atoms with van der Waals surface area (Å²) in [5.74, 6) is 0.516. The number of hydrogen-bond donors (Lipinski definition) is 0. The summed E-state index contributed by atoms with van der Waals surface area (Å²) in [6.45, 7) is 0. The number of carbonyl (C=O) groups excluding carboxylic acids is 1. The molecule has 4 rings (SSSR count). The average Bonchev–Trinajstić information content (AvgIpc) is 3.13. The molecule has 0 aromatic heterocycles. The summed E-state index contributed by atoms with van der Waals surface area (Å²) in [6, 6.07) is 16.6. The lowest BCUT2D eigenvalue weighted by molar-refractivity contribution is -0.117. The molecule has 146 valence electrons. The van der Waals surface area contributed by atoms with Crippen molar-refractivity contribution in [2.45, 2.75) is 17.7 Å². The number of para-hydroxylation sites is 2. The van der Waals surface area contributed by atoms with Gasteiger partial charge in [0.2, 0.25) is 0 Å². The number of amides is 1. The van der Waals surface area contributed by atoms with Gasteiger partial charge in [0.25, 0.3) is 5.91 Å². The van der Waals surface area contributed by atoms with Crippen LogP contribution in [0.25, 0.3) is 0 Å². The minimum Gasteiger partial charge on any atom is -0.495 e.